The smallest absolute Gasteiger partial charge is 0.253 e. The van der Waals surface area contributed by atoms with Gasteiger partial charge >= 0.3 is 0 Å². The van der Waals surface area contributed by atoms with Gasteiger partial charge in [-0.1, -0.05) is 0 Å². The standard InChI is InChI=1S/C32H57N9O16/c1-10(33)28(52)41-14(27(36)51)5-6-17(45)31(32(38,39)30(37)54,13(4-7-18(34)46)24-19(35)23(49)21(47)15(8-42)56-24)26(50)11(2)55-25-20(40-12(3)44)29(53)57-16(9-43)22(25)48/h10-11,13-16,19-25,29,42-43,47-49,53H,4-9,33,35,38-39H2,1-3H3,(H2,34,46)(H2,36,51)(H2,37,54)(H,40,44)(H,41,52)/t10-,11?,13?,14+,15+,16+,19+,20+,21+,22+,23+,24?,25+,29-,31?/m0/s1. The fraction of sp³-hybridized carbons (Fsp3) is 0.781. The van der Waals surface area contributed by atoms with Gasteiger partial charge in [-0.3, -0.25) is 33.6 Å². The van der Waals surface area contributed by atoms with Crippen molar-refractivity contribution in [1.29, 1.82) is 0 Å². The van der Waals surface area contributed by atoms with Crippen LogP contribution in [0.2, 0.25) is 0 Å². The van der Waals surface area contributed by atoms with Crippen LogP contribution in [0.3, 0.4) is 0 Å². The van der Waals surface area contributed by atoms with Gasteiger partial charge in [0.15, 0.2) is 23.5 Å². The number of ketones is 2. The number of Topliss-reactive ketones (excluding diaryl/α,β-unsaturated/α-hetero) is 2. The van der Waals surface area contributed by atoms with E-state index in [4.69, 9.17) is 54.3 Å². The summed E-state index contributed by atoms with van der Waals surface area (Å²) in [6.45, 7) is 1.34. The number of ether oxygens (including phenoxy) is 3. The zero-order chi connectivity index (χ0) is 43.9. The Hall–Kier alpha value is -3.83. The lowest BCUT2D eigenvalue weighted by molar-refractivity contribution is -0.267. The van der Waals surface area contributed by atoms with Gasteiger partial charge in [0.05, 0.1) is 31.4 Å². The van der Waals surface area contributed by atoms with Crippen LogP contribution < -0.4 is 50.8 Å². The lowest BCUT2D eigenvalue weighted by Gasteiger charge is -2.53. The molecule has 0 bridgehead atoms. The molecule has 25 nitrogen and oxygen atoms in total. The van der Waals surface area contributed by atoms with E-state index in [1.165, 1.54) is 6.92 Å². The van der Waals surface area contributed by atoms with Crippen LogP contribution in [0, 0.1) is 11.3 Å². The van der Waals surface area contributed by atoms with Crippen LogP contribution in [0.1, 0.15) is 46.5 Å². The van der Waals surface area contributed by atoms with Crippen molar-refractivity contribution in [3.05, 3.63) is 0 Å². The van der Waals surface area contributed by atoms with Crippen molar-refractivity contribution in [3.8, 4) is 0 Å². The van der Waals surface area contributed by atoms with Gasteiger partial charge in [0.25, 0.3) is 5.91 Å². The number of carbonyl (C=O) groups is 7. The van der Waals surface area contributed by atoms with E-state index in [-0.39, 0.29) is 0 Å². The average molecular weight is 824 g/mol. The van der Waals surface area contributed by atoms with Crippen molar-refractivity contribution in [2.75, 3.05) is 13.2 Å². The first-order valence-corrected chi connectivity index (χ1v) is 17.8. The van der Waals surface area contributed by atoms with Crippen LogP contribution in [0.25, 0.3) is 0 Å². The number of hydrogen-bond donors (Lipinski definition) is 15. The average Bonchev–Trinajstić information content (AvgIpc) is 3.12. The lowest BCUT2D eigenvalue weighted by atomic mass is 9.55. The summed E-state index contributed by atoms with van der Waals surface area (Å²) >= 11 is 0. The predicted molar refractivity (Wildman–Crippen MR) is 190 cm³/mol. The Morgan fingerprint density at radius 2 is 1.40 bits per heavy atom. The number of rotatable bonds is 21. The van der Waals surface area contributed by atoms with E-state index in [0.29, 0.717) is 0 Å². The normalized spacial score (nSPS) is 31.1. The molecule has 2 fully saturated rings. The number of nitrogens with two attached hydrogens (primary N) is 7. The number of amides is 5. The molecule has 0 spiro atoms. The molecule has 2 aliphatic rings. The second-order valence-electron chi connectivity index (χ2n) is 14.3. The van der Waals surface area contributed by atoms with Crippen molar-refractivity contribution in [2.45, 2.75) is 131 Å². The fourth-order valence-electron chi connectivity index (χ4n) is 7.23. The van der Waals surface area contributed by atoms with Gasteiger partial charge in [-0.15, -0.1) is 0 Å². The maximum Gasteiger partial charge on any atom is 0.253 e. The van der Waals surface area contributed by atoms with Gasteiger partial charge in [0.2, 0.25) is 23.6 Å². The van der Waals surface area contributed by atoms with Crippen molar-refractivity contribution in [2.24, 2.45) is 51.5 Å². The molecule has 2 heterocycles. The van der Waals surface area contributed by atoms with E-state index in [2.05, 4.69) is 10.6 Å². The molecule has 5 amide bonds. The third-order valence-electron chi connectivity index (χ3n) is 10.3. The van der Waals surface area contributed by atoms with Gasteiger partial charge < -0.3 is 95.6 Å². The highest BCUT2D eigenvalue weighted by molar-refractivity contribution is 6.15. The van der Waals surface area contributed by atoms with Crippen LogP contribution >= 0.6 is 0 Å². The van der Waals surface area contributed by atoms with E-state index >= 15 is 9.59 Å². The molecule has 22 N–H and O–H groups in total. The number of primary amides is 3. The summed E-state index contributed by atoms with van der Waals surface area (Å²) < 4.78 is 16.9. The molecule has 0 aromatic rings. The van der Waals surface area contributed by atoms with Crippen LogP contribution in [0.4, 0.5) is 0 Å². The first-order chi connectivity index (χ1) is 26.3. The Bertz CT molecular complexity index is 1490. The maximum atomic E-state index is 15.3. The van der Waals surface area contributed by atoms with Gasteiger partial charge in [-0.25, -0.2) is 0 Å². The zero-order valence-electron chi connectivity index (χ0n) is 31.6. The Morgan fingerprint density at radius 3 is 1.88 bits per heavy atom. The molecule has 57 heavy (non-hydrogen) atoms. The zero-order valence-corrected chi connectivity index (χ0v) is 31.6. The molecule has 0 aromatic carbocycles. The SMILES string of the molecule is CC(=O)N[C@@H]1[C@@H](OC(C)C(=O)C(C(=O)CC[C@@H](NC(=O)[C@H](C)N)C(N)=O)(C(CCC(N)=O)C2O[C@H](CO)[C@@H](O)[C@H](O)[C@H]2N)C(N)(N)C(N)=O)[C@H](O)[C@@H](CO)O[C@@H]1O. The van der Waals surface area contributed by atoms with E-state index in [0.717, 1.165) is 13.8 Å². The number of aliphatic hydroxyl groups excluding tert-OH is 6. The summed E-state index contributed by atoms with van der Waals surface area (Å²) in [5.41, 5.74) is 34.7. The second-order valence-corrected chi connectivity index (χ2v) is 14.3. The molecule has 15 atom stereocenters. The maximum absolute atomic E-state index is 15.3. The predicted octanol–water partition coefficient (Wildman–Crippen LogP) is -9.65. The minimum Gasteiger partial charge on any atom is -0.394 e. The second kappa shape index (κ2) is 20.2. The van der Waals surface area contributed by atoms with E-state index in [9.17, 15) is 54.6 Å². The van der Waals surface area contributed by atoms with Crippen LogP contribution in [0.5, 0.6) is 0 Å². The summed E-state index contributed by atoms with van der Waals surface area (Å²) in [6, 6.07) is -6.31. The highest BCUT2D eigenvalue weighted by Crippen LogP contribution is 2.47. The number of carbonyl (C=O) groups excluding carboxylic acids is 7. The van der Waals surface area contributed by atoms with Crippen molar-refractivity contribution in [1.82, 2.24) is 10.6 Å². The summed E-state index contributed by atoms with van der Waals surface area (Å²) in [7, 11) is 0. The topological polar surface area (TPSA) is 475 Å². The largest absolute Gasteiger partial charge is 0.394 e. The van der Waals surface area contributed by atoms with E-state index in [1.54, 1.807) is 0 Å². The molecular weight excluding hydrogens is 766 g/mol. The molecule has 25 heteroatoms. The molecule has 0 aliphatic carbocycles. The third kappa shape index (κ3) is 10.6. The van der Waals surface area contributed by atoms with Gasteiger partial charge in [-0.2, -0.15) is 0 Å². The number of hydrogen-bond acceptors (Lipinski definition) is 20. The number of nitrogens with one attached hydrogen (secondary N) is 2. The highest BCUT2D eigenvalue weighted by atomic mass is 16.6. The third-order valence-corrected chi connectivity index (χ3v) is 10.3. The quantitative estimate of drug-likeness (QED) is 0.0377. The molecule has 0 radical (unpaired) electrons. The molecule has 2 rings (SSSR count). The summed E-state index contributed by atoms with van der Waals surface area (Å²) in [5.74, 6) is -10.8. The minimum atomic E-state index is -3.38. The van der Waals surface area contributed by atoms with Crippen molar-refractivity contribution in [3.63, 3.8) is 0 Å². The van der Waals surface area contributed by atoms with Gasteiger partial charge in [0.1, 0.15) is 60.2 Å². The highest BCUT2D eigenvalue weighted by Gasteiger charge is 2.68. The van der Waals surface area contributed by atoms with Crippen LogP contribution in [0.15, 0.2) is 0 Å². The van der Waals surface area contributed by atoms with Crippen molar-refractivity contribution < 1.29 is 78.4 Å². The molecule has 0 saturated carbocycles. The van der Waals surface area contributed by atoms with E-state index < -0.39 is 176 Å². The monoisotopic (exact) mass is 823 g/mol. The summed E-state index contributed by atoms with van der Waals surface area (Å²) in [5, 5.41) is 67.7. The fourth-order valence-corrected chi connectivity index (χ4v) is 7.23. The Balaban J connectivity index is 3.01. The number of aliphatic hydroxyl groups is 6. The summed E-state index contributed by atoms with van der Waals surface area (Å²) in [6.07, 6.45) is -20.1. The molecule has 2 saturated heterocycles. The van der Waals surface area contributed by atoms with Crippen LogP contribution in [-0.4, -0.2) is 170 Å². The van der Waals surface area contributed by atoms with Gasteiger partial charge in [-0.05, 0) is 26.7 Å². The van der Waals surface area contributed by atoms with Crippen molar-refractivity contribution >= 4 is 41.1 Å². The summed E-state index contributed by atoms with van der Waals surface area (Å²) in [4.78, 5) is 93.0. The minimum absolute atomic E-state index is 0.722. The van der Waals surface area contributed by atoms with E-state index in [1.807, 2.05) is 0 Å². The molecular formula is C32H57N9O16. The molecule has 2 aliphatic heterocycles. The Morgan fingerprint density at radius 1 is 0.842 bits per heavy atom. The molecule has 326 valence electrons. The Labute approximate surface area is 326 Å². The first-order valence-electron chi connectivity index (χ1n) is 17.8. The Kier molecular flexibility index (Phi) is 17.5. The molecule has 0 aromatic heterocycles. The lowest BCUT2D eigenvalue weighted by Crippen LogP contribution is -2.80. The first kappa shape index (κ1) is 49.3. The van der Waals surface area contributed by atoms with Gasteiger partial charge in [0, 0.05) is 25.7 Å². The van der Waals surface area contributed by atoms with Crippen LogP contribution in [-0.2, 0) is 47.8 Å². The molecule has 4 unspecified atom stereocenters.